The van der Waals surface area contributed by atoms with Crippen molar-refractivity contribution in [1.29, 1.82) is 0 Å². The molecule has 1 heteroatoms. The molecule has 74 valence electrons. The van der Waals surface area contributed by atoms with Gasteiger partial charge in [0.15, 0.2) is 0 Å². The number of rotatable bonds is 0. The molecule has 0 amide bonds. The van der Waals surface area contributed by atoms with Crippen molar-refractivity contribution >= 4 is 0 Å². The van der Waals surface area contributed by atoms with Crippen LogP contribution in [0.1, 0.15) is 48.4 Å². The van der Waals surface area contributed by atoms with Gasteiger partial charge in [-0.3, -0.25) is 0 Å². The molecular formula is C13H17N. The van der Waals surface area contributed by atoms with Crippen LogP contribution in [0.3, 0.4) is 0 Å². The lowest BCUT2D eigenvalue weighted by Gasteiger charge is -2.35. The van der Waals surface area contributed by atoms with Crippen LogP contribution in [-0.4, -0.2) is 6.54 Å². The highest BCUT2D eigenvalue weighted by atomic mass is 14.9. The smallest absolute Gasteiger partial charge is 0.0326 e. The summed E-state index contributed by atoms with van der Waals surface area (Å²) < 4.78 is 0. The zero-order chi connectivity index (χ0) is 9.54. The van der Waals surface area contributed by atoms with Crippen LogP contribution in [0.25, 0.3) is 0 Å². The van der Waals surface area contributed by atoms with Crippen LogP contribution in [0.4, 0.5) is 0 Å². The highest BCUT2D eigenvalue weighted by Gasteiger charge is 2.28. The molecule has 0 fully saturated rings. The summed E-state index contributed by atoms with van der Waals surface area (Å²) >= 11 is 0. The molecule has 0 saturated heterocycles. The quantitative estimate of drug-likeness (QED) is 0.658. The molecule has 0 bridgehead atoms. The van der Waals surface area contributed by atoms with Crippen molar-refractivity contribution < 1.29 is 0 Å². The van der Waals surface area contributed by atoms with Gasteiger partial charge >= 0.3 is 0 Å². The Hall–Kier alpha value is -0.820. The number of hydrogen-bond acceptors (Lipinski definition) is 1. The monoisotopic (exact) mass is 187 g/mol. The predicted octanol–water partition coefficient (Wildman–Crippen LogP) is 2.77. The molecule has 0 radical (unpaired) electrons. The van der Waals surface area contributed by atoms with Crippen molar-refractivity contribution in [2.75, 3.05) is 6.54 Å². The largest absolute Gasteiger partial charge is 0.310 e. The van der Waals surface area contributed by atoms with Gasteiger partial charge in [0.2, 0.25) is 0 Å². The van der Waals surface area contributed by atoms with Crippen molar-refractivity contribution in [2.24, 2.45) is 0 Å². The fourth-order valence-electron chi connectivity index (χ4n) is 3.01. The molecule has 1 aromatic rings. The number of benzene rings is 1. The van der Waals surface area contributed by atoms with E-state index < -0.39 is 0 Å². The van der Waals surface area contributed by atoms with Crippen molar-refractivity contribution in [1.82, 2.24) is 5.32 Å². The third-order valence-corrected chi connectivity index (χ3v) is 3.78. The number of hydrogen-bond donors (Lipinski definition) is 1. The Morgan fingerprint density at radius 2 is 2.21 bits per heavy atom. The Bertz CT molecular complexity index is 356. The van der Waals surface area contributed by atoms with Crippen LogP contribution in [0, 0.1) is 0 Å². The molecule has 1 heterocycles. The van der Waals surface area contributed by atoms with Gasteiger partial charge in [-0.25, -0.2) is 0 Å². The molecule has 1 nitrogen and oxygen atoms in total. The summed E-state index contributed by atoms with van der Waals surface area (Å²) in [6.45, 7) is 3.52. The zero-order valence-electron chi connectivity index (χ0n) is 8.72. The molecule has 2 unspecified atom stereocenters. The molecule has 0 saturated carbocycles. The standard InChI is InChI=1S/C13H17N/c1-9-5-6-12-13-10(7-8-14-12)3-2-4-11(9)13/h2-4,9,12,14H,5-8H2,1H3. The van der Waals surface area contributed by atoms with E-state index in [4.69, 9.17) is 0 Å². The first-order chi connectivity index (χ1) is 6.86. The minimum atomic E-state index is 0.658. The van der Waals surface area contributed by atoms with E-state index in [1.807, 2.05) is 0 Å². The minimum Gasteiger partial charge on any atom is -0.310 e. The SMILES string of the molecule is CC1CCC2NCCc3cccc1c32. The molecule has 1 aromatic carbocycles. The maximum atomic E-state index is 3.64. The molecule has 2 aliphatic rings. The van der Waals surface area contributed by atoms with E-state index in [0.29, 0.717) is 6.04 Å². The third-order valence-electron chi connectivity index (χ3n) is 3.78. The van der Waals surface area contributed by atoms with E-state index >= 15 is 0 Å². The van der Waals surface area contributed by atoms with Crippen LogP contribution in [0.5, 0.6) is 0 Å². The Kier molecular flexibility index (Phi) is 1.88. The van der Waals surface area contributed by atoms with Gasteiger partial charge in [0.25, 0.3) is 0 Å². The Morgan fingerprint density at radius 1 is 1.29 bits per heavy atom. The summed E-state index contributed by atoms with van der Waals surface area (Å²) in [5.74, 6) is 0.765. The van der Waals surface area contributed by atoms with Gasteiger partial charge in [-0.1, -0.05) is 25.1 Å². The number of nitrogens with one attached hydrogen (secondary N) is 1. The molecular weight excluding hydrogens is 170 g/mol. The molecule has 2 atom stereocenters. The topological polar surface area (TPSA) is 12.0 Å². The van der Waals surface area contributed by atoms with Crippen LogP contribution in [0.2, 0.25) is 0 Å². The van der Waals surface area contributed by atoms with Gasteiger partial charge in [0, 0.05) is 6.04 Å². The molecule has 1 aliphatic heterocycles. The summed E-state index contributed by atoms with van der Waals surface area (Å²) in [7, 11) is 0. The van der Waals surface area contributed by atoms with Crippen LogP contribution in [-0.2, 0) is 6.42 Å². The average Bonchev–Trinajstić information content (AvgIpc) is 2.24. The highest BCUT2D eigenvalue weighted by Crippen LogP contribution is 2.40. The Balaban J connectivity index is 2.19. The maximum Gasteiger partial charge on any atom is 0.0326 e. The lowest BCUT2D eigenvalue weighted by molar-refractivity contribution is 0.413. The Labute approximate surface area is 85.5 Å². The third kappa shape index (κ3) is 1.12. The molecule has 1 N–H and O–H groups in total. The van der Waals surface area contributed by atoms with Crippen LogP contribution < -0.4 is 5.32 Å². The van der Waals surface area contributed by atoms with Crippen molar-refractivity contribution in [3.05, 3.63) is 34.9 Å². The fraction of sp³-hybridized carbons (Fsp3) is 0.538. The van der Waals surface area contributed by atoms with Gasteiger partial charge in [0.1, 0.15) is 0 Å². The van der Waals surface area contributed by atoms with Gasteiger partial charge < -0.3 is 5.32 Å². The Morgan fingerprint density at radius 3 is 3.14 bits per heavy atom. The molecule has 14 heavy (non-hydrogen) atoms. The zero-order valence-corrected chi connectivity index (χ0v) is 8.72. The maximum absolute atomic E-state index is 3.64. The van der Waals surface area contributed by atoms with Gasteiger partial charge in [-0.15, -0.1) is 0 Å². The second-order valence-electron chi connectivity index (χ2n) is 4.66. The van der Waals surface area contributed by atoms with Gasteiger partial charge in [-0.05, 0) is 48.4 Å². The van der Waals surface area contributed by atoms with E-state index in [-0.39, 0.29) is 0 Å². The fourth-order valence-corrected chi connectivity index (χ4v) is 3.01. The van der Waals surface area contributed by atoms with E-state index in [1.165, 1.54) is 19.3 Å². The second-order valence-corrected chi connectivity index (χ2v) is 4.66. The molecule has 3 rings (SSSR count). The van der Waals surface area contributed by atoms with Crippen LogP contribution in [0.15, 0.2) is 18.2 Å². The van der Waals surface area contributed by atoms with Crippen molar-refractivity contribution in [3.63, 3.8) is 0 Å². The summed E-state index contributed by atoms with van der Waals surface area (Å²) in [6.07, 6.45) is 3.88. The molecule has 0 spiro atoms. The summed E-state index contributed by atoms with van der Waals surface area (Å²) in [5, 5.41) is 3.64. The van der Waals surface area contributed by atoms with Gasteiger partial charge in [0.05, 0.1) is 0 Å². The van der Waals surface area contributed by atoms with Gasteiger partial charge in [-0.2, -0.15) is 0 Å². The highest BCUT2D eigenvalue weighted by molar-refractivity contribution is 5.42. The van der Waals surface area contributed by atoms with E-state index in [2.05, 4.69) is 30.4 Å². The van der Waals surface area contributed by atoms with Crippen molar-refractivity contribution in [2.45, 2.75) is 38.1 Å². The van der Waals surface area contributed by atoms with E-state index in [0.717, 1.165) is 12.5 Å². The normalized spacial score (nSPS) is 29.8. The summed E-state index contributed by atoms with van der Waals surface area (Å²) in [4.78, 5) is 0. The predicted molar refractivity (Wildman–Crippen MR) is 58.5 cm³/mol. The molecule has 1 aliphatic carbocycles. The minimum absolute atomic E-state index is 0.658. The van der Waals surface area contributed by atoms with E-state index in [1.54, 1.807) is 16.7 Å². The summed E-state index contributed by atoms with van der Waals surface area (Å²) in [5.41, 5.74) is 4.83. The van der Waals surface area contributed by atoms with Crippen LogP contribution >= 0.6 is 0 Å². The average molecular weight is 187 g/mol. The van der Waals surface area contributed by atoms with E-state index in [9.17, 15) is 0 Å². The molecule has 0 aromatic heterocycles. The first kappa shape index (κ1) is 8.49. The first-order valence-electron chi connectivity index (χ1n) is 5.71. The summed E-state index contributed by atoms with van der Waals surface area (Å²) in [6, 6.07) is 7.53. The first-order valence-corrected chi connectivity index (χ1v) is 5.71. The lowest BCUT2D eigenvalue weighted by Crippen LogP contribution is -2.33. The lowest BCUT2D eigenvalue weighted by atomic mass is 9.77. The van der Waals surface area contributed by atoms with Crippen molar-refractivity contribution in [3.8, 4) is 0 Å². The second kappa shape index (κ2) is 3.09.